The van der Waals surface area contributed by atoms with E-state index in [0.717, 1.165) is 24.5 Å². The summed E-state index contributed by atoms with van der Waals surface area (Å²) < 4.78 is 21.4. The van der Waals surface area contributed by atoms with Gasteiger partial charge in [0.2, 0.25) is 5.75 Å². The largest absolute Gasteiger partial charge is 0.497 e. The van der Waals surface area contributed by atoms with Crippen molar-refractivity contribution in [2.75, 3.05) is 59.5 Å². The van der Waals surface area contributed by atoms with E-state index in [1.807, 2.05) is 17.0 Å². The number of benzene rings is 2. The van der Waals surface area contributed by atoms with Gasteiger partial charge < -0.3 is 28.7 Å². The van der Waals surface area contributed by atoms with Crippen molar-refractivity contribution < 1.29 is 23.7 Å². The lowest BCUT2D eigenvalue weighted by atomic mass is 10.1. The number of carbonyl (C=O) groups excluding carboxylic acids is 1. The molecule has 3 rings (SSSR count). The van der Waals surface area contributed by atoms with Crippen LogP contribution >= 0.6 is 0 Å². The highest BCUT2D eigenvalue weighted by molar-refractivity contribution is 5.94. The van der Waals surface area contributed by atoms with Crippen molar-refractivity contribution in [3.63, 3.8) is 0 Å². The number of anilines is 1. The number of nitrogens with zero attached hydrogens (tertiary/aromatic N) is 2. The van der Waals surface area contributed by atoms with Crippen molar-refractivity contribution in [3.05, 3.63) is 42.0 Å². The molecule has 1 aliphatic heterocycles. The van der Waals surface area contributed by atoms with Crippen LogP contribution in [-0.2, 0) is 0 Å². The maximum atomic E-state index is 12.7. The lowest BCUT2D eigenvalue weighted by molar-refractivity contribution is 0.0746. The quantitative estimate of drug-likeness (QED) is 0.761. The minimum atomic E-state index is 0.0344. The number of amides is 1. The van der Waals surface area contributed by atoms with Crippen molar-refractivity contribution in [2.45, 2.75) is 0 Å². The van der Waals surface area contributed by atoms with E-state index in [0.29, 0.717) is 35.9 Å². The van der Waals surface area contributed by atoms with Gasteiger partial charge in [-0.1, -0.05) is 0 Å². The van der Waals surface area contributed by atoms with Crippen LogP contribution in [-0.4, -0.2) is 65.4 Å². The fraction of sp³-hybridized carbons (Fsp3) is 0.381. The first kappa shape index (κ1) is 19.7. The number of hydrogen-bond donors (Lipinski definition) is 0. The highest BCUT2D eigenvalue weighted by atomic mass is 16.5. The molecule has 1 fully saturated rings. The van der Waals surface area contributed by atoms with Crippen molar-refractivity contribution >= 4 is 11.6 Å². The van der Waals surface area contributed by atoms with Crippen molar-refractivity contribution in [1.82, 2.24) is 4.90 Å². The zero-order valence-electron chi connectivity index (χ0n) is 16.7. The third-order valence-corrected chi connectivity index (χ3v) is 4.92. The molecule has 0 bridgehead atoms. The summed E-state index contributed by atoms with van der Waals surface area (Å²) in [7, 11) is 6.40. The molecule has 0 radical (unpaired) electrons. The summed E-state index contributed by atoms with van der Waals surface area (Å²) in [6.45, 7) is 2.73. The van der Waals surface area contributed by atoms with E-state index in [-0.39, 0.29) is 5.91 Å². The average Bonchev–Trinajstić information content (AvgIpc) is 2.77. The summed E-state index contributed by atoms with van der Waals surface area (Å²) in [5, 5.41) is 0. The monoisotopic (exact) mass is 386 g/mol. The summed E-state index contributed by atoms with van der Waals surface area (Å²) in [5.41, 5.74) is 1.65. The molecule has 1 heterocycles. The van der Waals surface area contributed by atoms with Crippen LogP contribution in [0, 0.1) is 0 Å². The number of hydrogen-bond acceptors (Lipinski definition) is 6. The fourth-order valence-corrected chi connectivity index (χ4v) is 3.33. The molecule has 0 aliphatic carbocycles. The summed E-state index contributed by atoms with van der Waals surface area (Å²) in [4.78, 5) is 16.8. The second-order valence-corrected chi connectivity index (χ2v) is 6.39. The molecule has 28 heavy (non-hydrogen) atoms. The highest BCUT2D eigenvalue weighted by Crippen LogP contribution is 2.41. The molecule has 1 aliphatic rings. The molecular formula is C21H26N2O5. The molecule has 150 valence electrons. The first-order chi connectivity index (χ1) is 13.6. The van der Waals surface area contributed by atoms with Gasteiger partial charge in [-0.15, -0.1) is 0 Å². The van der Waals surface area contributed by atoms with Crippen molar-refractivity contribution in [3.8, 4) is 23.0 Å². The standard InChI is InChI=1S/C21H26N2O5/c1-25-17-7-5-15(6-8-17)21(24)23-11-9-22(10-12-23)16-13-18(26-2)20(28-4)19(14-16)27-3/h5-8,13-14H,9-12H2,1-4H3. The molecule has 0 spiro atoms. The van der Waals surface area contributed by atoms with Crippen LogP contribution in [0.25, 0.3) is 0 Å². The maximum Gasteiger partial charge on any atom is 0.253 e. The van der Waals surface area contributed by atoms with E-state index in [1.54, 1.807) is 52.7 Å². The third kappa shape index (κ3) is 3.93. The van der Waals surface area contributed by atoms with E-state index in [4.69, 9.17) is 18.9 Å². The second kappa shape index (κ2) is 8.73. The van der Waals surface area contributed by atoms with Crippen LogP contribution < -0.4 is 23.8 Å². The Morgan fingerprint density at radius 3 is 1.82 bits per heavy atom. The number of rotatable bonds is 6. The molecule has 7 heteroatoms. The molecule has 0 unspecified atom stereocenters. The van der Waals surface area contributed by atoms with Gasteiger partial charge in [-0.3, -0.25) is 4.79 Å². The molecular weight excluding hydrogens is 360 g/mol. The first-order valence-electron chi connectivity index (χ1n) is 9.09. The minimum absolute atomic E-state index is 0.0344. The molecule has 1 amide bonds. The van der Waals surface area contributed by atoms with Gasteiger partial charge in [-0.05, 0) is 24.3 Å². The Labute approximate surface area is 165 Å². The first-order valence-corrected chi connectivity index (χ1v) is 9.09. The van der Waals surface area contributed by atoms with Crippen LogP contribution in [0.3, 0.4) is 0 Å². The minimum Gasteiger partial charge on any atom is -0.497 e. The lowest BCUT2D eigenvalue weighted by Gasteiger charge is -2.36. The Kier molecular flexibility index (Phi) is 6.13. The summed E-state index contributed by atoms with van der Waals surface area (Å²) in [5.74, 6) is 2.58. The van der Waals surface area contributed by atoms with Crippen LogP contribution in [0.15, 0.2) is 36.4 Å². The lowest BCUT2D eigenvalue weighted by Crippen LogP contribution is -2.48. The number of piperazine rings is 1. The van der Waals surface area contributed by atoms with Gasteiger partial charge >= 0.3 is 0 Å². The van der Waals surface area contributed by atoms with Gasteiger partial charge in [0, 0.05) is 49.6 Å². The smallest absolute Gasteiger partial charge is 0.253 e. The van der Waals surface area contributed by atoms with E-state index in [1.165, 1.54) is 0 Å². The number of methoxy groups -OCH3 is 4. The Morgan fingerprint density at radius 2 is 1.36 bits per heavy atom. The third-order valence-electron chi connectivity index (χ3n) is 4.92. The summed E-state index contributed by atoms with van der Waals surface area (Å²) in [6.07, 6.45) is 0. The van der Waals surface area contributed by atoms with Crippen molar-refractivity contribution in [1.29, 1.82) is 0 Å². The molecule has 2 aromatic rings. The van der Waals surface area contributed by atoms with Crippen molar-refractivity contribution in [2.24, 2.45) is 0 Å². The number of ether oxygens (including phenoxy) is 4. The maximum absolute atomic E-state index is 12.7. The van der Waals surface area contributed by atoms with Gasteiger partial charge in [-0.25, -0.2) is 0 Å². The van der Waals surface area contributed by atoms with Gasteiger partial charge in [-0.2, -0.15) is 0 Å². The Balaban J connectivity index is 1.70. The molecule has 2 aromatic carbocycles. The van der Waals surface area contributed by atoms with E-state index in [9.17, 15) is 4.79 Å². The predicted molar refractivity (Wildman–Crippen MR) is 107 cm³/mol. The Hall–Kier alpha value is -3.09. The van der Waals surface area contributed by atoms with Crippen LogP contribution in [0.4, 0.5) is 5.69 Å². The molecule has 0 saturated carbocycles. The normalized spacial score (nSPS) is 13.9. The fourth-order valence-electron chi connectivity index (χ4n) is 3.33. The zero-order valence-corrected chi connectivity index (χ0v) is 16.7. The van der Waals surface area contributed by atoms with Crippen LogP contribution in [0.2, 0.25) is 0 Å². The highest BCUT2D eigenvalue weighted by Gasteiger charge is 2.24. The number of carbonyl (C=O) groups is 1. The molecule has 0 atom stereocenters. The van der Waals surface area contributed by atoms with Crippen LogP contribution in [0.5, 0.6) is 23.0 Å². The van der Waals surface area contributed by atoms with Gasteiger partial charge in [0.1, 0.15) is 5.75 Å². The van der Waals surface area contributed by atoms with E-state index < -0.39 is 0 Å². The van der Waals surface area contributed by atoms with Gasteiger partial charge in [0.25, 0.3) is 5.91 Å². The van der Waals surface area contributed by atoms with Crippen LogP contribution in [0.1, 0.15) is 10.4 Å². The SMILES string of the molecule is COc1ccc(C(=O)N2CCN(c3cc(OC)c(OC)c(OC)c3)CC2)cc1. The predicted octanol–water partition coefficient (Wildman–Crippen LogP) is 2.68. The van der Waals surface area contributed by atoms with E-state index in [2.05, 4.69) is 4.90 Å². The molecule has 1 saturated heterocycles. The topological polar surface area (TPSA) is 60.5 Å². The summed E-state index contributed by atoms with van der Waals surface area (Å²) >= 11 is 0. The van der Waals surface area contributed by atoms with E-state index >= 15 is 0 Å². The molecule has 0 N–H and O–H groups in total. The average molecular weight is 386 g/mol. The van der Waals surface area contributed by atoms with Gasteiger partial charge in [0.15, 0.2) is 11.5 Å². The Bertz CT molecular complexity index is 789. The van der Waals surface area contributed by atoms with Gasteiger partial charge in [0.05, 0.1) is 28.4 Å². The zero-order chi connectivity index (χ0) is 20.1. The Morgan fingerprint density at radius 1 is 0.786 bits per heavy atom. The molecule has 7 nitrogen and oxygen atoms in total. The molecule has 0 aromatic heterocycles. The second-order valence-electron chi connectivity index (χ2n) is 6.39. The summed E-state index contributed by atoms with van der Waals surface area (Å²) in [6, 6.07) is 11.1.